The maximum atomic E-state index is 13.5. The van der Waals surface area contributed by atoms with Crippen LogP contribution in [0.25, 0.3) is 11.0 Å². The van der Waals surface area contributed by atoms with Crippen LogP contribution in [0.1, 0.15) is 35.8 Å². The normalized spacial score (nSPS) is 12.3. The average Bonchev–Trinajstić information content (AvgIpc) is 3.01. The molecule has 3 aromatic rings. The highest BCUT2D eigenvalue weighted by Crippen LogP contribution is 2.29. The summed E-state index contributed by atoms with van der Waals surface area (Å²) in [6, 6.07) is 11.6. The molecule has 0 aliphatic rings. The van der Waals surface area contributed by atoms with Crippen molar-refractivity contribution in [1.29, 1.82) is 0 Å². The van der Waals surface area contributed by atoms with E-state index >= 15 is 0 Å². The SMILES string of the molecule is CC(OC(=O)c1ccccc1[N+](=O)[O-])c1nc2ccccc2n1C(F)F. The summed E-state index contributed by atoms with van der Waals surface area (Å²) in [5, 5.41) is 11.0. The standard InChI is InChI=1S/C17H13F2N3O4/c1-10(26-16(23)11-6-2-4-8-13(11)22(24)25)15-20-12-7-3-5-9-14(12)21(15)17(18)19/h2-10,17H,1H3. The Morgan fingerprint density at radius 3 is 2.54 bits per heavy atom. The van der Waals surface area contributed by atoms with Gasteiger partial charge in [0.05, 0.1) is 16.0 Å². The molecule has 1 aromatic heterocycles. The number of carbonyl (C=O) groups excluding carboxylic acids is 1. The van der Waals surface area contributed by atoms with Crippen LogP contribution >= 0.6 is 0 Å². The fourth-order valence-electron chi connectivity index (χ4n) is 2.64. The van der Waals surface area contributed by atoms with Crippen molar-refractivity contribution in [2.75, 3.05) is 0 Å². The first-order chi connectivity index (χ1) is 12.4. The van der Waals surface area contributed by atoms with E-state index in [9.17, 15) is 23.7 Å². The van der Waals surface area contributed by atoms with Gasteiger partial charge in [0.15, 0.2) is 11.9 Å². The third-order valence-corrected chi connectivity index (χ3v) is 3.79. The van der Waals surface area contributed by atoms with Gasteiger partial charge in [-0.3, -0.25) is 14.7 Å². The molecule has 0 amide bonds. The number of hydrogen-bond donors (Lipinski definition) is 0. The maximum absolute atomic E-state index is 13.5. The van der Waals surface area contributed by atoms with E-state index in [4.69, 9.17) is 4.74 Å². The van der Waals surface area contributed by atoms with Gasteiger partial charge in [-0.25, -0.2) is 9.78 Å². The van der Waals surface area contributed by atoms with E-state index in [-0.39, 0.29) is 16.9 Å². The van der Waals surface area contributed by atoms with E-state index in [1.165, 1.54) is 31.2 Å². The van der Waals surface area contributed by atoms with Crippen LogP contribution in [-0.2, 0) is 4.74 Å². The number of hydrogen-bond acceptors (Lipinski definition) is 5. The van der Waals surface area contributed by atoms with Gasteiger partial charge in [-0.1, -0.05) is 24.3 Å². The summed E-state index contributed by atoms with van der Waals surface area (Å²) in [5.74, 6) is -1.13. The Bertz CT molecular complexity index is 987. The molecule has 0 spiro atoms. The third-order valence-electron chi connectivity index (χ3n) is 3.79. The number of para-hydroxylation sites is 3. The van der Waals surface area contributed by atoms with E-state index in [0.29, 0.717) is 10.1 Å². The zero-order valence-corrected chi connectivity index (χ0v) is 13.5. The second kappa shape index (κ2) is 6.87. The fraction of sp³-hybridized carbons (Fsp3) is 0.176. The lowest BCUT2D eigenvalue weighted by molar-refractivity contribution is -0.385. The molecule has 0 saturated carbocycles. The van der Waals surface area contributed by atoms with Crippen LogP contribution in [0.3, 0.4) is 0 Å². The topological polar surface area (TPSA) is 87.3 Å². The van der Waals surface area contributed by atoms with Crippen LogP contribution < -0.4 is 0 Å². The van der Waals surface area contributed by atoms with Crippen molar-refractivity contribution in [3.63, 3.8) is 0 Å². The van der Waals surface area contributed by atoms with Gasteiger partial charge < -0.3 is 4.74 Å². The largest absolute Gasteiger partial charge is 0.451 e. The minimum absolute atomic E-state index is 0.145. The van der Waals surface area contributed by atoms with Gasteiger partial charge in [0.25, 0.3) is 5.69 Å². The summed E-state index contributed by atoms with van der Waals surface area (Å²) in [6.07, 6.45) is -1.14. The summed E-state index contributed by atoms with van der Waals surface area (Å²) < 4.78 is 32.8. The molecule has 1 heterocycles. The van der Waals surface area contributed by atoms with Crippen molar-refractivity contribution in [1.82, 2.24) is 9.55 Å². The molecule has 0 aliphatic carbocycles. The molecule has 2 aromatic carbocycles. The van der Waals surface area contributed by atoms with E-state index in [2.05, 4.69) is 4.98 Å². The predicted molar refractivity (Wildman–Crippen MR) is 87.9 cm³/mol. The lowest BCUT2D eigenvalue weighted by atomic mass is 10.2. The molecule has 0 saturated heterocycles. The molecule has 1 atom stereocenters. The Morgan fingerprint density at radius 2 is 1.85 bits per heavy atom. The van der Waals surface area contributed by atoms with Crippen LogP contribution in [0.4, 0.5) is 14.5 Å². The first-order valence-corrected chi connectivity index (χ1v) is 7.59. The number of aromatic nitrogens is 2. The van der Waals surface area contributed by atoms with Crippen LogP contribution in [0.5, 0.6) is 0 Å². The summed E-state index contributed by atoms with van der Waals surface area (Å²) in [4.78, 5) is 26.7. The molecule has 9 heteroatoms. The highest BCUT2D eigenvalue weighted by molar-refractivity contribution is 5.94. The number of halogens is 2. The second-order valence-corrected chi connectivity index (χ2v) is 5.43. The number of nitro benzene ring substituents is 1. The second-order valence-electron chi connectivity index (χ2n) is 5.43. The Labute approximate surface area is 146 Å². The molecule has 3 rings (SSSR count). The van der Waals surface area contributed by atoms with Crippen molar-refractivity contribution >= 4 is 22.7 Å². The molecule has 0 radical (unpaired) electrons. The molecular formula is C17H13F2N3O4. The molecule has 0 bridgehead atoms. The van der Waals surface area contributed by atoms with Crippen molar-refractivity contribution in [2.45, 2.75) is 19.6 Å². The first-order valence-electron chi connectivity index (χ1n) is 7.59. The number of imidazole rings is 1. The van der Waals surface area contributed by atoms with Crippen molar-refractivity contribution < 1.29 is 23.2 Å². The van der Waals surface area contributed by atoms with Crippen molar-refractivity contribution in [3.05, 3.63) is 70.0 Å². The lowest BCUT2D eigenvalue weighted by Gasteiger charge is -2.15. The smallest absolute Gasteiger partial charge is 0.345 e. The minimum Gasteiger partial charge on any atom is -0.451 e. The Hall–Kier alpha value is -3.36. The number of ether oxygens (including phenoxy) is 1. The molecule has 26 heavy (non-hydrogen) atoms. The fourth-order valence-corrected chi connectivity index (χ4v) is 2.64. The van der Waals surface area contributed by atoms with Crippen molar-refractivity contribution in [2.24, 2.45) is 0 Å². The van der Waals surface area contributed by atoms with Gasteiger partial charge in [0.1, 0.15) is 5.56 Å². The molecule has 0 fully saturated rings. The third kappa shape index (κ3) is 3.10. The van der Waals surface area contributed by atoms with Crippen molar-refractivity contribution in [3.8, 4) is 0 Å². The number of nitro groups is 1. The summed E-state index contributed by atoms with van der Waals surface area (Å²) in [7, 11) is 0. The number of nitrogens with zero attached hydrogens (tertiary/aromatic N) is 3. The van der Waals surface area contributed by atoms with Gasteiger partial charge in [-0.05, 0) is 25.1 Å². The van der Waals surface area contributed by atoms with Gasteiger partial charge in [-0.2, -0.15) is 8.78 Å². The van der Waals surface area contributed by atoms with Crippen LogP contribution in [-0.4, -0.2) is 20.4 Å². The highest BCUT2D eigenvalue weighted by atomic mass is 19.3. The van der Waals surface area contributed by atoms with E-state index in [0.717, 1.165) is 6.07 Å². The lowest BCUT2D eigenvalue weighted by Crippen LogP contribution is -2.15. The minimum atomic E-state index is -2.88. The number of benzene rings is 2. The van der Waals surface area contributed by atoms with Gasteiger partial charge in [0.2, 0.25) is 0 Å². The number of carbonyl (C=O) groups is 1. The van der Waals surface area contributed by atoms with E-state index < -0.39 is 29.2 Å². The van der Waals surface area contributed by atoms with Gasteiger partial charge in [-0.15, -0.1) is 0 Å². The maximum Gasteiger partial charge on any atom is 0.345 e. The Morgan fingerprint density at radius 1 is 1.19 bits per heavy atom. The molecular weight excluding hydrogens is 348 g/mol. The van der Waals surface area contributed by atoms with E-state index in [1.807, 2.05) is 0 Å². The quantitative estimate of drug-likeness (QED) is 0.385. The highest BCUT2D eigenvalue weighted by Gasteiger charge is 2.27. The summed E-state index contributed by atoms with van der Waals surface area (Å²) in [6.45, 7) is -1.50. The van der Waals surface area contributed by atoms with Gasteiger partial charge >= 0.3 is 12.5 Å². The number of fused-ring (bicyclic) bond motifs is 1. The molecule has 7 nitrogen and oxygen atoms in total. The molecule has 134 valence electrons. The van der Waals surface area contributed by atoms with E-state index in [1.54, 1.807) is 18.2 Å². The average molecular weight is 361 g/mol. The van der Waals surface area contributed by atoms with Crippen LogP contribution in [0.2, 0.25) is 0 Å². The van der Waals surface area contributed by atoms with Crippen LogP contribution in [0, 0.1) is 10.1 Å². The number of alkyl halides is 2. The Kier molecular flexibility index (Phi) is 4.61. The summed E-state index contributed by atoms with van der Waals surface area (Å²) >= 11 is 0. The number of rotatable bonds is 5. The monoisotopic (exact) mass is 361 g/mol. The first kappa shape index (κ1) is 17.5. The molecule has 0 aliphatic heterocycles. The molecule has 1 unspecified atom stereocenters. The zero-order valence-electron chi connectivity index (χ0n) is 13.5. The summed E-state index contributed by atoms with van der Waals surface area (Å²) in [5.41, 5.74) is -0.154. The zero-order chi connectivity index (χ0) is 18.8. The molecule has 0 N–H and O–H groups in total. The van der Waals surface area contributed by atoms with Gasteiger partial charge in [0, 0.05) is 6.07 Å². The Balaban J connectivity index is 1.95. The predicted octanol–water partition coefficient (Wildman–Crippen LogP) is 4.26. The number of esters is 1. The van der Waals surface area contributed by atoms with Crippen LogP contribution in [0.15, 0.2) is 48.5 Å².